The van der Waals surface area contributed by atoms with E-state index in [2.05, 4.69) is 15.0 Å². The molecule has 0 spiro atoms. The lowest BCUT2D eigenvalue weighted by Crippen LogP contribution is -2.23. The van der Waals surface area contributed by atoms with Crippen LogP contribution in [0.2, 0.25) is 0 Å². The number of aromatic nitrogens is 3. The predicted molar refractivity (Wildman–Crippen MR) is 151 cm³/mol. The van der Waals surface area contributed by atoms with Crippen LogP contribution in [0.15, 0.2) is 91.3 Å². The van der Waals surface area contributed by atoms with Gasteiger partial charge in [0.2, 0.25) is 0 Å². The van der Waals surface area contributed by atoms with Crippen LogP contribution in [0, 0.1) is 34.9 Å². The fraction of sp³-hybridized carbons (Fsp3) is 0.0909. The fourth-order valence-corrected chi connectivity index (χ4v) is 5.40. The molecule has 10 heteroatoms. The molecule has 3 aromatic heterocycles. The second kappa shape index (κ2) is 11.7. The van der Waals surface area contributed by atoms with Crippen molar-refractivity contribution in [3.8, 4) is 33.5 Å². The first-order valence-electron chi connectivity index (χ1n) is 13.4. The summed E-state index contributed by atoms with van der Waals surface area (Å²) in [5.41, 5.74) is -1.17. The zero-order chi connectivity index (χ0) is 30.1. The van der Waals surface area contributed by atoms with Crippen molar-refractivity contribution >= 4 is 0 Å². The molecule has 0 saturated heterocycles. The highest BCUT2D eigenvalue weighted by Gasteiger charge is 2.31. The molecule has 3 aromatic carbocycles. The molecule has 218 valence electrons. The number of nitrogens with one attached hydrogen (secondary N) is 3. The van der Waals surface area contributed by atoms with Crippen molar-refractivity contribution in [1.82, 2.24) is 19.9 Å². The standard InChI is InChI=1S/C33H24F6N4/c34-21-8-1-9-22(35)28(21)31-27(18-43(16-19-6-4-14-40-19)17-20-7-5-15-41-20)42-33(30-25(38)12-3-13-26(30)39)32(31)29-23(36)10-2-11-24(29)37/h1-15,40-42H,16-18H2. The Morgan fingerprint density at radius 1 is 0.442 bits per heavy atom. The summed E-state index contributed by atoms with van der Waals surface area (Å²) in [5, 5.41) is 0. The van der Waals surface area contributed by atoms with Gasteiger partial charge in [-0.15, -0.1) is 0 Å². The lowest BCUT2D eigenvalue weighted by atomic mass is 9.91. The molecule has 4 nitrogen and oxygen atoms in total. The van der Waals surface area contributed by atoms with Gasteiger partial charge in [-0.05, 0) is 60.7 Å². The Balaban J connectivity index is 1.66. The average Bonchev–Trinajstić information content (AvgIpc) is 3.73. The molecule has 0 bridgehead atoms. The summed E-state index contributed by atoms with van der Waals surface area (Å²) >= 11 is 0. The lowest BCUT2D eigenvalue weighted by Gasteiger charge is -2.22. The van der Waals surface area contributed by atoms with Gasteiger partial charge in [-0.2, -0.15) is 0 Å². The van der Waals surface area contributed by atoms with Crippen molar-refractivity contribution in [3.05, 3.63) is 143 Å². The third-order valence-corrected chi connectivity index (χ3v) is 7.21. The Hall–Kier alpha value is -4.96. The highest BCUT2D eigenvalue weighted by atomic mass is 19.2. The first-order chi connectivity index (χ1) is 20.8. The van der Waals surface area contributed by atoms with Crippen molar-refractivity contribution in [3.63, 3.8) is 0 Å². The van der Waals surface area contributed by atoms with Gasteiger partial charge in [-0.1, -0.05) is 18.2 Å². The Labute approximate surface area is 242 Å². The molecule has 0 unspecified atom stereocenters. The van der Waals surface area contributed by atoms with E-state index in [9.17, 15) is 0 Å². The summed E-state index contributed by atoms with van der Waals surface area (Å²) in [4.78, 5) is 11.1. The largest absolute Gasteiger partial charge is 0.364 e. The van der Waals surface area contributed by atoms with Gasteiger partial charge in [0.1, 0.15) is 34.9 Å². The van der Waals surface area contributed by atoms with Crippen LogP contribution in [0.4, 0.5) is 26.3 Å². The van der Waals surface area contributed by atoms with Crippen molar-refractivity contribution in [1.29, 1.82) is 0 Å². The van der Waals surface area contributed by atoms with E-state index in [1.807, 2.05) is 29.2 Å². The Morgan fingerprint density at radius 3 is 1.28 bits per heavy atom. The zero-order valence-electron chi connectivity index (χ0n) is 22.5. The topological polar surface area (TPSA) is 50.6 Å². The van der Waals surface area contributed by atoms with Gasteiger partial charge in [0.25, 0.3) is 0 Å². The van der Waals surface area contributed by atoms with Crippen molar-refractivity contribution in [2.75, 3.05) is 0 Å². The third kappa shape index (κ3) is 5.49. The highest BCUT2D eigenvalue weighted by Crippen LogP contribution is 2.47. The zero-order valence-corrected chi connectivity index (χ0v) is 22.5. The van der Waals surface area contributed by atoms with E-state index in [0.717, 1.165) is 66.0 Å². The van der Waals surface area contributed by atoms with Crippen LogP contribution in [0.5, 0.6) is 0 Å². The number of halogens is 6. The second-order valence-corrected chi connectivity index (χ2v) is 10.1. The molecular formula is C33H24F6N4. The van der Waals surface area contributed by atoms with E-state index in [4.69, 9.17) is 0 Å². The predicted octanol–water partition coefficient (Wildman–Crippen LogP) is 8.71. The fourth-order valence-electron chi connectivity index (χ4n) is 5.40. The van der Waals surface area contributed by atoms with Crippen LogP contribution in [-0.4, -0.2) is 19.9 Å². The molecule has 0 atom stereocenters. The summed E-state index contributed by atoms with van der Waals surface area (Å²) in [6.07, 6.45) is 3.49. The average molecular weight is 591 g/mol. The van der Waals surface area contributed by atoms with E-state index in [-0.39, 0.29) is 23.5 Å². The Kier molecular flexibility index (Phi) is 7.69. The number of nitrogens with zero attached hydrogens (tertiary/aromatic N) is 1. The van der Waals surface area contributed by atoms with Gasteiger partial charge in [0, 0.05) is 60.2 Å². The molecular weight excluding hydrogens is 566 g/mol. The first kappa shape index (κ1) is 28.2. The number of benzene rings is 3. The van der Waals surface area contributed by atoms with Crippen LogP contribution in [-0.2, 0) is 19.6 Å². The molecule has 0 radical (unpaired) electrons. The minimum absolute atomic E-state index is 0.0553. The second-order valence-electron chi connectivity index (χ2n) is 10.1. The summed E-state index contributed by atoms with van der Waals surface area (Å²) in [6.45, 7) is 0.605. The minimum Gasteiger partial charge on any atom is -0.364 e. The van der Waals surface area contributed by atoms with Crippen LogP contribution >= 0.6 is 0 Å². The molecule has 6 aromatic rings. The highest BCUT2D eigenvalue weighted by molar-refractivity contribution is 5.96. The maximum absolute atomic E-state index is 15.5. The van der Waals surface area contributed by atoms with Crippen molar-refractivity contribution in [2.24, 2.45) is 0 Å². The smallest absolute Gasteiger partial charge is 0.135 e. The maximum Gasteiger partial charge on any atom is 0.135 e. The first-order valence-corrected chi connectivity index (χ1v) is 13.4. The molecule has 0 fully saturated rings. The molecule has 0 aliphatic carbocycles. The Morgan fingerprint density at radius 2 is 0.860 bits per heavy atom. The lowest BCUT2D eigenvalue weighted by molar-refractivity contribution is 0.240. The summed E-state index contributed by atoms with van der Waals surface area (Å²) in [6, 6.07) is 16.7. The molecule has 0 aliphatic heterocycles. The third-order valence-electron chi connectivity index (χ3n) is 7.21. The molecule has 0 saturated carbocycles. The van der Waals surface area contributed by atoms with Gasteiger partial charge in [-0.25, -0.2) is 26.3 Å². The van der Waals surface area contributed by atoms with Crippen LogP contribution in [0.3, 0.4) is 0 Å². The van der Waals surface area contributed by atoms with E-state index in [0.29, 0.717) is 13.1 Å². The normalized spacial score (nSPS) is 11.5. The van der Waals surface area contributed by atoms with Gasteiger partial charge in [0.05, 0.1) is 22.4 Å². The van der Waals surface area contributed by atoms with Crippen LogP contribution in [0.1, 0.15) is 17.1 Å². The molecule has 3 heterocycles. The molecule has 43 heavy (non-hydrogen) atoms. The van der Waals surface area contributed by atoms with E-state index < -0.39 is 57.2 Å². The SMILES string of the molecule is Fc1cccc(F)c1-c1[nH]c(CN(Cc2ccc[nH]2)Cc2ccc[nH]2)c(-c2c(F)cccc2F)c1-c1c(F)cccc1F. The van der Waals surface area contributed by atoms with Gasteiger partial charge in [0.15, 0.2) is 0 Å². The number of H-pyrrole nitrogens is 3. The van der Waals surface area contributed by atoms with E-state index in [1.54, 1.807) is 12.4 Å². The van der Waals surface area contributed by atoms with E-state index in [1.165, 1.54) is 0 Å². The van der Waals surface area contributed by atoms with Crippen molar-refractivity contribution < 1.29 is 26.3 Å². The van der Waals surface area contributed by atoms with Crippen LogP contribution in [0.25, 0.3) is 33.5 Å². The quantitative estimate of drug-likeness (QED) is 0.145. The molecule has 0 aliphatic rings. The van der Waals surface area contributed by atoms with Gasteiger partial charge in [-0.3, -0.25) is 4.90 Å². The summed E-state index contributed by atoms with van der Waals surface area (Å²) in [7, 11) is 0. The number of hydrogen-bond donors (Lipinski definition) is 3. The van der Waals surface area contributed by atoms with Gasteiger partial charge < -0.3 is 15.0 Å². The van der Waals surface area contributed by atoms with Crippen LogP contribution < -0.4 is 0 Å². The monoisotopic (exact) mass is 590 g/mol. The molecule has 0 amide bonds. The van der Waals surface area contributed by atoms with E-state index >= 15 is 26.3 Å². The number of hydrogen-bond acceptors (Lipinski definition) is 1. The maximum atomic E-state index is 15.5. The van der Waals surface area contributed by atoms with Crippen molar-refractivity contribution in [2.45, 2.75) is 19.6 Å². The minimum atomic E-state index is -1.07. The molecule has 3 N–H and O–H groups in total. The summed E-state index contributed by atoms with van der Waals surface area (Å²) in [5.74, 6) is -6.23. The molecule has 6 rings (SSSR count). The number of rotatable bonds is 9. The number of aromatic amines is 3. The summed E-state index contributed by atoms with van der Waals surface area (Å²) < 4.78 is 92.5. The van der Waals surface area contributed by atoms with Gasteiger partial charge >= 0.3 is 0 Å². The Bertz CT molecular complexity index is 1780.